The van der Waals surface area contributed by atoms with Crippen molar-refractivity contribution in [3.8, 4) is 0 Å². The summed E-state index contributed by atoms with van der Waals surface area (Å²) in [5, 5.41) is 10.4. The zero-order valence-corrected chi connectivity index (χ0v) is 18.4. The van der Waals surface area contributed by atoms with Crippen LogP contribution in [0.4, 0.5) is 4.39 Å². The molecular formula is C26H34FNO2. The lowest BCUT2D eigenvalue weighted by molar-refractivity contribution is -0.158. The highest BCUT2D eigenvalue weighted by Crippen LogP contribution is 2.46. The molecule has 0 radical (unpaired) electrons. The Balaban J connectivity index is 1.71. The first kappa shape index (κ1) is 22.5. The smallest absolute Gasteiger partial charge is 0.310 e. The van der Waals surface area contributed by atoms with Crippen molar-refractivity contribution < 1.29 is 14.3 Å². The summed E-state index contributed by atoms with van der Waals surface area (Å²) in [6.07, 6.45) is 3.86. The maximum Gasteiger partial charge on any atom is 0.310 e. The SMILES string of the molecule is CC(C)C(CCN(C)CCc1ccccc1)(C(=O)O)[C@@H]1CCc2cc(F)ccc2C1. The molecular weight excluding hydrogens is 377 g/mol. The van der Waals surface area contributed by atoms with Crippen molar-refractivity contribution in [2.45, 2.75) is 46.0 Å². The predicted octanol–water partition coefficient (Wildman–Crippen LogP) is 5.22. The highest BCUT2D eigenvalue weighted by Gasteiger charge is 2.48. The van der Waals surface area contributed by atoms with Crippen molar-refractivity contribution in [1.82, 2.24) is 4.90 Å². The first-order valence-electron chi connectivity index (χ1n) is 11.1. The molecule has 2 aromatic rings. The Morgan fingerprint density at radius 1 is 1.17 bits per heavy atom. The first-order valence-corrected chi connectivity index (χ1v) is 11.1. The normalized spacial score (nSPS) is 18.3. The number of benzene rings is 2. The summed E-state index contributed by atoms with van der Waals surface area (Å²) >= 11 is 0. The Kier molecular flexibility index (Phi) is 7.30. The molecule has 0 spiro atoms. The molecule has 1 N–H and O–H groups in total. The topological polar surface area (TPSA) is 40.5 Å². The number of carbonyl (C=O) groups is 1. The molecule has 3 nitrogen and oxygen atoms in total. The molecule has 0 saturated carbocycles. The van der Waals surface area contributed by atoms with Crippen molar-refractivity contribution in [3.05, 3.63) is 71.0 Å². The molecule has 0 aliphatic heterocycles. The molecule has 1 aliphatic carbocycles. The number of aryl methyl sites for hydroxylation is 1. The van der Waals surface area contributed by atoms with Crippen LogP contribution in [0.15, 0.2) is 48.5 Å². The Morgan fingerprint density at radius 3 is 2.57 bits per heavy atom. The Hall–Kier alpha value is -2.20. The van der Waals surface area contributed by atoms with Gasteiger partial charge in [-0.3, -0.25) is 4.79 Å². The van der Waals surface area contributed by atoms with E-state index in [0.29, 0.717) is 12.8 Å². The Morgan fingerprint density at radius 2 is 1.90 bits per heavy atom. The van der Waals surface area contributed by atoms with E-state index < -0.39 is 11.4 Å². The summed E-state index contributed by atoms with van der Waals surface area (Å²) in [5.74, 6) is -0.801. The van der Waals surface area contributed by atoms with Crippen LogP contribution in [0.25, 0.3) is 0 Å². The zero-order chi connectivity index (χ0) is 21.7. The van der Waals surface area contributed by atoms with Gasteiger partial charge in [-0.05, 0) is 86.4 Å². The molecule has 0 heterocycles. The molecule has 0 amide bonds. The fourth-order valence-corrected chi connectivity index (χ4v) is 5.11. The zero-order valence-electron chi connectivity index (χ0n) is 18.4. The van der Waals surface area contributed by atoms with Crippen LogP contribution in [0.1, 0.15) is 43.4 Å². The molecule has 0 saturated heterocycles. The van der Waals surface area contributed by atoms with Crippen molar-refractivity contribution in [3.63, 3.8) is 0 Å². The molecule has 2 atom stereocenters. The third-order valence-corrected chi connectivity index (χ3v) is 7.09. The molecule has 0 aromatic heterocycles. The van der Waals surface area contributed by atoms with Crippen molar-refractivity contribution in [1.29, 1.82) is 0 Å². The Labute approximate surface area is 179 Å². The highest BCUT2D eigenvalue weighted by molar-refractivity contribution is 5.75. The fourth-order valence-electron chi connectivity index (χ4n) is 5.11. The second-order valence-corrected chi connectivity index (χ2v) is 9.14. The quantitative estimate of drug-likeness (QED) is 0.615. The van der Waals surface area contributed by atoms with E-state index in [2.05, 4.69) is 36.2 Å². The molecule has 1 unspecified atom stereocenters. The number of rotatable bonds is 9. The summed E-state index contributed by atoms with van der Waals surface area (Å²) < 4.78 is 13.6. The first-order chi connectivity index (χ1) is 14.3. The van der Waals surface area contributed by atoms with Crippen LogP contribution in [0, 0.1) is 23.1 Å². The number of fused-ring (bicyclic) bond motifs is 1. The van der Waals surface area contributed by atoms with Gasteiger partial charge in [-0.1, -0.05) is 50.2 Å². The van der Waals surface area contributed by atoms with Crippen molar-refractivity contribution >= 4 is 5.97 Å². The van der Waals surface area contributed by atoms with E-state index >= 15 is 0 Å². The van der Waals surface area contributed by atoms with E-state index in [1.807, 2.05) is 26.0 Å². The van der Waals surface area contributed by atoms with E-state index in [9.17, 15) is 14.3 Å². The third kappa shape index (κ3) is 4.92. The van der Waals surface area contributed by atoms with Crippen LogP contribution in [0.5, 0.6) is 0 Å². The lowest BCUT2D eigenvalue weighted by atomic mass is 9.60. The number of carboxylic acids is 1. The molecule has 30 heavy (non-hydrogen) atoms. The number of hydrogen-bond donors (Lipinski definition) is 1. The fraction of sp³-hybridized carbons (Fsp3) is 0.500. The van der Waals surface area contributed by atoms with E-state index in [4.69, 9.17) is 0 Å². The third-order valence-electron chi connectivity index (χ3n) is 7.09. The van der Waals surface area contributed by atoms with E-state index in [-0.39, 0.29) is 17.7 Å². The molecule has 0 fully saturated rings. The summed E-state index contributed by atoms with van der Waals surface area (Å²) in [4.78, 5) is 14.9. The van der Waals surface area contributed by atoms with Crippen molar-refractivity contribution in [2.75, 3.05) is 20.1 Å². The van der Waals surface area contributed by atoms with Crippen molar-refractivity contribution in [2.24, 2.45) is 17.3 Å². The van der Waals surface area contributed by atoms with Gasteiger partial charge in [0.05, 0.1) is 5.41 Å². The van der Waals surface area contributed by atoms with Gasteiger partial charge in [0.1, 0.15) is 5.82 Å². The second kappa shape index (κ2) is 9.74. The second-order valence-electron chi connectivity index (χ2n) is 9.14. The number of halogens is 1. The monoisotopic (exact) mass is 411 g/mol. The molecule has 0 bridgehead atoms. The highest BCUT2D eigenvalue weighted by atomic mass is 19.1. The lowest BCUT2D eigenvalue weighted by Crippen LogP contribution is -2.47. The van der Waals surface area contributed by atoms with Crippen LogP contribution in [-0.4, -0.2) is 36.1 Å². The van der Waals surface area contributed by atoms with Gasteiger partial charge in [-0.15, -0.1) is 0 Å². The number of likely N-dealkylation sites (N-methyl/N-ethyl adjacent to an activating group) is 1. The van der Waals surface area contributed by atoms with Gasteiger partial charge in [0.2, 0.25) is 0 Å². The predicted molar refractivity (Wildman–Crippen MR) is 119 cm³/mol. The average Bonchev–Trinajstić information content (AvgIpc) is 2.73. The Bertz CT molecular complexity index is 851. The average molecular weight is 412 g/mol. The van der Waals surface area contributed by atoms with Crippen LogP contribution >= 0.6 is 0 Å². The van der Waals surface area contributed by atoms with Gasteiger partial charge in [-0.2, -0.15) is 0 Å². The van der Waals surface area contributed by atoms with Crippen LogP contribution in [0.3, 0.4) is 0 Å². The summed E-state index contributed by atoms with van der Waals surface area (Å²) in [6, 6.07) is 15.3. The lowest BCUT2D eigenvalue weighted by Gasteiger charge is -2.43. The van der Waals surface area contributed by atoms with Gasteiger partial charge >= 0.3 is 5.97 Å². The maximum absolute atomic E-state index is 13.6. The minimum absolute atomic E-state index is 0.0320. The summed E-state index contributed by atoms with van der Waals surface area (Å²) in [6.45, 7) is 5.74. The van der Waals surface area contributed by atoms with Gasteiger partial charge in [-0.25, -0.2) is 4.39 Å². The number of nitrogens with zero attached hydrogens (tertiary/aromatic N) is 1. The van der Waals surface area contributed by atoms with Gasteiger partial charge < -0.3 is 10.0 Å². The van der Waals surface area contributed by atoms with E-state index in [0.717, 1.165) is 43.5 Å². The van der Waals surface area contributed by atoms with E-state index in [1.165, 1.54) is 11.6 Å². The summed E-state index contributed by atoms with van der Waals surface area (Å²) in [7, 11) is 2.08. The molecule has 162 valence electrons. The minimum atomic E-state index is -0.771. The standard InChI is InChI=1S/C26H34FNO2/c1-19(2)26(25(29)30,14-16-28(3)15-13-20-7-5-4-6-8-20)23-11-9-22-18-24(27)12-10-21(22)17-23/h4-8,10,12,18-19,23H,9,11,13-17H2,1-3H3,(H,29,30)/t23-,26?/m1/s1. The summed E-state index contributed by atoms with van der Waals surface area (Å²) in [5.41, 5.74) is 2.67. The molecule has 3 rings (SSSR count). The number of aliphatic carboxylic acids is 1. The minimum Gasteiger partial charge on any atom is -0.481 e. The van der Waals surface area contributed by atoms with Crippen LogP contribution < -0.4 is 0 Å². The number of carboxylic acid groups (broad SMARTS) is 1. The van der Waals surface area contributed by atoms with Crippen LogP contribution in [-0.2, 0) is 24.1 Å². The molecule has 2 aromatic carbocycles. The maximum atomic E-state index is 13.6. The number of hydrogen-bond acceptors (Lipinski definition) is 2. The largest absolute Gasteiger partial charge is 0.481 e. The molecule has 4 heteroatoms. The van der Waals surface area contributed by atoms with Gasteiger partial charge in [0, 0.05) is 6.54 Å². The van der Waals surface area contributed by atoms with Gasteiger partial charge in [0.15, 0.2) is 0 Å². The van der Waals surface area contributed by atoms with Crippen LogP contribution in [0.2, 0.25) is 0 Å². The van der Waals surface area contributed by atoms with E-state index in [1.54, 1.807) is 6.07 Å². The van der Waals surface area contributed by atoms with Gasteiger partial charge in [0.25, 0.3) is 0 Å². The molecule has 1 aliphatic rings.